The summed E-state index contributed by atoms with van der Waals surface area (Å²) >= 11 is 0. The Morgan fingerprint density at radius 1 is 1.21 bits per heavy atom. The molecule has 3 nitrogen and oxygen atoms in total. The lowest BCUT2D eigenvalue weighted by Crippen LogP contribution is -2.23. The fraction of sp³-hybridized carbons (Fsp3) is 0.278. The van der Waals surface area contributed by atoms with Crippen molar-refractivity contribution in [1.29, 1.82) is 0 Å². The molecular formula is C18H17F3N2O. The molecule has 24 heavy (non-hydrogen) atoms. The van der Waals surface area contributed by atoms with Gasteiger partial charge in [-0.05, 0) is 29.7 Å². The highest BCUT2D eigenvalue weighted by atomic mass is 19.4. The lowest BCUT2D eigenvalue weighted by molar-refractivity contribution is -0.154. The Balaban J connectivity index is 1.67. The largest absolute Gasteiger partial charge is 0.468 e. The number of pyridine rings is 1. The molecule has 2 heterocycles. The fourth-order valence-corrected chi connectivity index (χ4v) is 2.60. The SMILES string of the molecule is CC(c1ccc(OCC(F)(F)F)nc1)N1C=Cc2ccccc2C1. The summed E-state index contributed by atoms with van der Waals surface area (Å²) in [5.74, 6) is -0.0252. The zero-order chi connectivity index (χ0) is 17.2. The molecule has 0 bridgehead atoms. The average molecular weight is 334 g/mol. The molecule has 126 valence electrons. The average Bonchev–Trinajstić information content (AvgIpc) is 2.59. The van der Waals surface area contributed by atoms with Crippen LogP contribution in [0.25, 0.3) is 6.08 Å². The topological polar surface area (TPSA) is 25.4 Å². The van der Waals surface area contributed by atoms with Crippen LogP contribution in [-0.2, 0) is 6.54 Å². The van der Waals surface area contributed by atoms with Gasteiger partial charge in [-0.15, -0.1) is 0 Å². The minimum atomic E-state index is -4.36. The van der Waals surface area contributed by atoms with Crippen molar-refractivity contribution in [2.24, 2.45) is 0 Å². The molecule has 0 amide bonds. The van der Waals surface area contributed by atoms with Crippen molar-refractivity contribution in [3.05, 3.63) is 65.5 Å². The van der Waals surface area contributed by atoms with Crippen molar-refractivity contribution in [3.8, 4) is 5.88 Å². The van der Waals surface area contributed by atoms with Crippen molar-refractivity contribution in [2.45, 2.75) is 25.7 Å². The summed E-state index contributed by atoms with van der Waals surface area (Å²) in [4.78, 5) is 6.13. The van der Waals surface area contributed by atoms with Crippen LogP contribution in [0.4, 0.5) is 13.2 Å². The molecule has 0 saturated carbocycles. The van der Waals surface area contributed by atoms with Crippen LogP contribution in [0.3, 0.4) is 0 Å². The molecule has 2 aromatic rings. The molecule has 1 unspecified atom stereocenters. The highest BCUT2D eigenvalue weighted by Crippen LogP contribution is 2.28. The molecular weight excluding hydrogens is 317 g/mol. The molecule has 6 heteroatoms. The molecule has 0 N–H and O–H groups in total. The quantitative estimate of drug-likeness (QED) is 0.819. The summed E-state index contributed by atoms with van der Waals surface area (Å²) in [5, 5.41) is 0. The first-order valence-electron chi connectivity index (χ1n) is 7.60. The number of aromatic nitrogens is 1. The number of benzene rings is 1. The normalized spacial score (nSPS) is 15.1. The van der Waals surface area contributed by atoms with E-state index < -0.39 is 12.8 Å². The van der Waals surface area contributed by atoms with Gasteiger partial charge in [0.1, 0.15) is 0 Å². The van der Waals surface area contributed by atoms with Gasteiger partial charge in [-0.25, -0.2) is 4.98 Å². The van der Waals surface area contributed by atoms with Crippen molar-refractivity contribution in [1.82, 2.24) is 9.88 Å². The predicted molar refractivity (Wildman–Crippen MR) is 85.2 cm³/mol. The van der Waals surface area contributed by atoms with E-state index in [1.807, 2.05) is 25.3 Å². The van der Waals surface area contributed by atoms with Crippen LogP contribution in [0, 0.1) is 0 Å². The number of halogens is 3. The molecule has 0 fully saturated rings. The van der Waals surface area contributed by atoms with Gasteiger partial charge in [-0.3, -0.25) is 0 Å². The first-order valence-corrected chi connectivity index (χ1v) is 7.60. The maximum Gasteiger partial charge on any atom is 0.422 e. The first kappa shape index (κ1) is 16.4. The molecule has 3 rings (SSSR count). The minimum Gasteiger partial charge on any atom is -0.468 e. The van der Waals surface area contributed by atoms with Gasteiger partial charge >= 0.3 is 6.18 Å². The van der Waals surface area contributed by atoms with Gasteiger partial charge in [0.2, 0.25) is 5.88 Å². The molecule has 1 atom stereocenters. The third-order valence-corrected chi connectivity index (χ3v) is 3.98. The Hall–Kier alpha value is -2.50. The zero-order valence-electron chi connectivity index (χ0n) is 13.1. The van der Waals surface area contributed by atoms with Gasteiger partial charge in [0.05, 0.1) is 6.04 Å². The van der Waals surface area contributed by atoms with Crippen LogP contribution >= 0.6 is 0 Å². The number of rotatable bonds is 4. The lowest BCUT2D eigenvalue weighted by Gasteiger charge is -2.31. The number of nitrogens with zero attached hydrogens (tertiary/aromatic N) is 2. The summed E-state index contributed by atoms with van der Waals surface area (Å²) in [5.41, 5.74) is 3.36. The van der Waals surface area contributed by atoms with E-state index in [2.05, 4.69) is 32.8 Å². The van der Waals surface area contributed by atoms with E-state index in [0.717, 1.165) is 12.1 Å². The number of ether oxygens (including phenoxy) is 1. The van der Waals surface area contributed by atoms with Gasteiger partial charge < -0.3 is 9.64 Å². The Kier molecular flexibility index (Phi) is 4.46. The fourth-order valence-electron chi connectivity index (χ4n) is 2.60. The summed E-state index contributed by atoms with van der Waals surface area (Å²) in [6.45, 7) is 1.48. The van der Waals surface area contributed by atoms with Crippen LogP contribution < -0.4 is 4.74 Å². The molecule has 1 aliphatic rings. The predicted octanol–water partition coefficient (Wildman–Crippen LogP) is 4.57. The molecule has 1 aromatic carbocycles. The molecule has 1 aromatic heterocycles. The van der Waals surface area contributed by atoms with Gasteiger partial charge in [0.25, 0.3) is 0 Å². The van der Waals surface area contributed by atoms with Gasteiger partial charge in [-0.1, -0.05) is 30.3 Å². The molecule has 0 radical (unpaired) electrons. The zero-order valence-corrected chi connectivity index (χ0v) is 13.1. The van der Waals surface area contributed by atoms with Crippen LogP contribution in [0.5, 0.6) is 5.88 Å². The maximum atomic E-state index is 12.1. The van der Waals surface area contributed by atoms with Crippen LogP contribution in [0.15, 0.2) is 48.8 Å². The summed E-state index contributed by atoms with van der Waals surface area (Å²) in [6, 6.07) is 11.4. The van der Waals surface area contributed by atoms with Gasteiger partial charge in [0.15, 0.2) is 6.61 Å². The second kappa shape index (κ2) is 6.55. The highest BCUT2D eigenvalue weighted by Gasteiger charge is 2.28. The third-order valence-electron chi connectivity index (χ3n) is 3.98. The molecule has 0 saturated heterocycles. The van der Waals surface area contributed by atoms with E-state index in [1.54, 1.807) is 12.3 Å². The lowest BCUT2D eigenvalue weighted by atomic mass is 10.0. The third kappa shape index (κ3) is 3.88. The van der Waals surface area contributed by atoms with Gasteiger partial charge in [0, 0.05) is 25.0 Å². The summed E-state index contributed by atoms with van der Waals surface area (Å²) in [6.07, 6.45) is 1.29. The van der Waals surface area contributed by atoms with Crippen molar-refractivity contribution >= 4 is 6.08 Å². The summed E-state index contributed by atoms with van der Waals surface area (Å²) < 4.78 is 41.1. The minimum absolute atomic E-state index is 0.0252. The molecule has 0 aliphatic carbocycles. The van der Waals surface area contributed by atoms with E-state index in [0.29, 0.717) is 0 Å². The van der Waals surface area contributed by atoms with Crippen molar-refractivity contribution in [2.75, 3.05) is 6.61 Å². The number of fused-ring (bicyclic) bond motifs is 1. The smallest absolute Gasteiger partial charge is 0.422 e. The van der Waals surface area contributed by atoms with E-state index in [9.17, 15) is 13.2 Å². The van der Waals surface area contributed by atoms with Crippen molar-refractivity contribution < 1.29 is 17.9 Å². The number of alkyl halides is 3. The second-order valence-electron chi connectivity index (χ2n) is 5.70. The highest BCUT2D eigenvalue weighted by molar-refractivity contribution is 5.55. The Labute approximate surface area is 138 Å². The summed E-state index contributed by atoms with van der Waals surface area (Å²) in [7, 11) is 0. The van der Waals surface area contributed by atoms with Crippen LogP contribution in [-0.4, -0.2) is 22.7 Å². The van der Waals surface area contributed by atoms with E-state index in [4.69, 9.17) is 0 Å². The molecule has 1 aliphatic heterocycles. The van der Waals surface area contributed by atoms with E-state index in [1.165, 1.54) is 17.2 Å². The van der Waals surface area contributed by atoms with Gasteiger partial charge in [-0.2, -0.15) is 13.2 Å². The van der Waals surface area contributed by atoms with E-state index >= 15 is 0 Å². The first-order chi connectivity index (χ1) is 11.4. The Morgan fingerprint density at radius 3 is 2.71 bits per heavy atom. The van der Waals surface area contributed by atoms with Crippen LogP contribution in [0.2, 0.25) is 0 Å². The standard InChI is InChI=1S/C18H17F3N2O/c1-13(23-9-8-14-4-2-3-5-16(14)11-23)15-6-7-17(22-10-15)24-12-18(19,20)21/h2-10,13H,11-12H2,1H3. The van der Waals surface area contributed by atoms with Crippen molar-refractivity contribution in [3.63, 3.8) is 0 Å². The Morgan fingerprint density at radius 2 is 2.00 bits per heavy atom. The number of hydrogen-bond acceptors (Lipinski definition) is 3. The van der Waals surface area contributed by atoms with E-state index in [-0.39, 0.29) is 11.9 Å². The Bertz CT molecular complexity index is 726. The molecule has 0 spiro atoms. The maximum absolute atomic E-state index is 12.1. The second-order valence-corrected chi connectivity index (χ2v) is 5.70. The number of hydrogen-bond donors (Lipinski definition) is 0. The monoisotopic (exact) mass is 334 g/mol. The van der Waals surface area contributed by atoms with Crippen LogP contribution in [0.1, 0.15) is 29.7 Å².